The van der Waals surface area contributed by atoms with Crippen LogP contribution in [0.1, 0.15) is 16.7 Å². The largest absolute Gasteiger partial charge is 0.326 e. The molecule has 0 amide bonds. The lowest BCUT2D eigenvalue weighted by Crippen LogP contribution is -2.06. The van der Waals surface area contributed by atoms with Crippen LogP contribution in [-0.2, 0) is 22.1 Å². The molecule has 2 rings (SSSR count). The molecule has 2 aromatic rings. The first-order chi connectivity index (χ1) is 9.01. The van der Waals surface area contributed by atoms with Crippen molar-refractivity contribution in [3.05, 3.63) is 65.2 Å². The first-order valence-corrected chi connectivity index (χ1v) is 7.74. The molecule has 0 bridgehead atoms. The normalized spacial score (nSPS) is 11.5. The zero-order valence-corrected chi connectivity index (χ0v) is 11.7. The highest BCUT2D eigenvalue weighted by molar-refractivity contribution is 7.90. The first kappa shape index (κ1) is 13.8. The SMILES string of the molecule is Cc1ccc(S(=O)(=O)Cc2cccc(CN)c2)cc1. The fourth-order valence-corrected chi connectivity index (χ4v) is 3.23. The van der Waals surface area contributed by atoms with Gasteiger partial charge in [0.15, 0.2) is 9.84 Å². The Labute approximate surface area is 114 Å². The molecule has 0 aliphatic rings. The summed E-state index contributed by atoms with van der Waals surface area (Å²) in [4.78, 5) is 0.358. The number of rotatable bonds is 4. The highest BCUT2D eigenvalue weighted by Gasteiger charge is 2.15. The molecule has 100 valence electrons. The van der Waals surface area contributed by atoms with Gasteiger partial charge < -0.3 is 5.73 Å². The first-order valence-electron chi connectivity index (χ1n) is 6.08. The van der Waals surface area contributed by atoms with Gasteiger partial charge in [-0.1, -0.05) is 42.0 Å². The van der Waals surface area contributed by atoms with E-state index in [-0.39, 0.29) is 5.75 Å². The molecule has 0 heterocycles. The van der Waals surface area contributed by atoms with Gasteiger partial charge in [-0.15, -0.1) is 0 Å². The molecular formula is C15H17NO2S. The summed E-state index contributed by atoms with van der Waals surface area (Å²) in [6.07, 6.45) is 0. The van der Waals surface area contributed by atoms with Crippen LogP contribution in [0.3, 0.4) is 0 Å². The second kappa shape index (κ2) is 5.55. The number of aryl methyl sites for hydroxylation is 1. The zero-order chi connectivity index (χ0) is 13.9. The third kappa shape index (κ3) is 3.43. The fourth-order valence-electron chi connectivity index (χ4n) is 1.89. The van der Waals surface area contributed by atoms with E-state index >= 15 is 0 Å². The smallest absolute Gasteiger partial charge is 0.182 e. The van der Waals surface area contributed by atoms with E-state index in [0.717, 1.165) is 16.7 Å². The quantitative estimate of drug-likeness (QED) is 0.932. The van der Waals surface area contributed by atoms with Gasteiger partial charge in [0.25, 0.3) is 0 Å². The Balaban J connectivity index is 2.28. The van der Waals surface area contributed by atoms with Crippen LogP contribution in [0.2, 0.25) is 0 Å². The molecule has 3 nitrogen and oxygen atoms in total. The second-order valence-electron chi connectivity index (χ2n) is 4.60. The molecule has 0 fully saturated rings. The van der Waals surface area contributed by atoms with Crippen molar-refractivity contribution in [1.29, 1.82) is 0 Å². The Morgan fingerprint density at radius 3 is 2.26 bits per heavy atom. The van der Waals surface area contributed by atoms with Gasteiger partial charge in [0, 0.05) is 6.54 Å². The Morgan fingerprint density at radius 2 is 1.63 bits per heavy atom. The zero-order valence-electron chi connectivity index (χ0n) is 10.8. The van der Waals surface area contributed by atoms with E-state index in [4.69, 9.17) is 5.73 Å². The second-order valence-corrected chi connectivity index (χ2v) is 6.59. The van der Waals surface area contributed by atoms with Crippen molar-refractivity contribution in [3.8, 4) is 0 Å². The number of hydrogen-bond donors (Lipinski definition) is 1. The van der Waals surface area contributed by atoms with Gasteiger partial charge in [0.2, 0.25) is 0 Å². The molecule has 0 saturated carbocycles. The summed E-state index contributed by atoms with van der Waals surface area (Å²) in [5, 5.41) is 0. The molecule has 2 aromatic carbocycles. The van der Waals surface area contributed by atoms with Crippen molar-refractivity contribution in [2.45, 2.75) is 24.1 Å². The van der Waals surface area contributed by atoms with E-state index in [0.29, 0.717) is 11.4 Å². The van der Waals surface area contributed by atoms with Crippen LogP contribution >= 0.6 is 0 Å². The van der Waals surface area contributed by atoms with Crippen molar-refractivity contribution >= 4 is 9.84 Å². The maximum absolute atomic E-state index is 12.3. The Kier molecular flexibility index (Phi) is 4.02. The lowest BCUT2D eigenvalue weighted by atomic mass is 10.1. The van der Waals surface area contributed by atoms with Crippen LogP contribution in [0.25, 0.3) is 0 Å². The molecule has 0 atom stereocenters. The third-order valence-electron chi connectivity index (χ3n) is 2.96. The molecule has 0 spiro atoms. The summed E-state index contributed by atoms with van der Waals surface area (Å²) in [5.74, 6) is 0.00387. The summed E-state index contributed by atoms with van der Waals surface area (Å²) in [5.41, 5.74) is 8.31. The van der Waals surface area contributed by atoms with Crippen molar-refractivity contribution in [3.63, 3.8) is 0 Å². The maximum atomic E-state index is 12.3. The molecule has 0 aliphatic carbocycles. The van der Waals surface area contributed by atoms with Gasteiger partial charge in [0.1, 0.15) is 0 Å². The summed E-state index contributed by atoms with van der Waals surface area (Å²) in [6, 6.07) is 14.3. The number of hydrogen-bond acceptors (Lipinski definition) is 3. The average Bonchev–Trinajstić information content (AvgIpc) is 2.39. The summed E-state index contributed by atoms with van der Waals surface area (Å²) < 4.78 is 24.6. The van der Waals surface area contributed by atoms with Crippen molar-refractivity contribution < 1.29 is 8.42 Å². The molecule has 4 heteroatoms. The topological polar surface area (TPSA) is 60.2 Å². The van der Waals surface area contributed by atoms with Gasteiger partial charge in [-0.3, -0.25) is 0 Å². The van der Waals surface area contributed by atoms with Crippen LogP contribution < -0.4 is 5.73 Å². The minimum Gasteiger partial charge on any atom is -0.326 e. The minimum atomic E-state index is -3.30. The average molecular weight is 275 g/mol. The molecule has 0 unspecified atom stereocenters. The lowest BCUT2D eigenvalue weighted by molar-refractivity contribution is 0.595. The number of sulfone groups is 1. The Bertz CT molecular complexity index is 661. The molecule has 0 aliphatic heterocycles. The van der Waals surface area contributed by atoms with Crippen LogP contribution in [0, 0.1) is 6.92 Å². The van der Waals surface area contributed by atoms with Gasteiger partial charge >= 0.3 is 0 Å². The monoisotopic (exact) mass is 275 g/mol. The molecule has 2 N–H and O–H groups in total. The lowest BCUT2D eigenvalue weighted by Gasteiger charge is -2.06. The van der Waals surface area contributed by atoms with Crippen LogP contribution in [0.4, 0.5) is 0 Å². The van der Waals surface area contributed by atoms with E-state index < -0.39 is 9.84 Å². The number of benzene rings is 2. The van der Waals surface area contributed by atoms with Crippen LogP contribution in [0.15, 0.2) is 53.4 Å². The summed E-state index contributed by atoms with van der Waals surface area (Å²) in [7, 11) is -3.30. The summed E-state index contributed by atoms with van der Waals surface area (Å²) in [6.45, 7) is 2.35. The molecule has 19 heavy (non-hydrogen) atoms. The molecule has 0 radical (unpaired) electrons. The van der Waals surface area contributed by atoms with Crippen molar-refractivity contribution in [1.82, 2.24) is 0 Å². The number of nitrogens with two attached hydrogens (primary N) is 1. The molecule has 0 saturated heterocycles. The van der Waals surface area contributed by atoms with E-state index in [2.05, 4.69) is 0 Å². The standard InChI is InChI=1S/C15H17NO2S/c1-12-5-7-15(8-6-12)19(17,18)11-14-4-2-3-13(9-14)10-16/h2-9H,10-11,16H2,1H3. The van der Waals surface area contributed by atoms with E-state index in [9.17, 15) is 8.42 Å². The Hall–Kier alpha value is -1.65. The van der Waals surface area contributed by atoms with E-state index in [1.807, 2.05) is 43.3 Å². The van der Waals surface area contributed by atoms with Gasteiger partial charge in [-0.25, -0.2) is 8.42 Å². The highest BCUT2D eigenvalue weighted by atomic mass is 32.2. The molecular weight excluding hydrogens is 258 g/mol. The van der Waals surface area contributed by atoms with Crippen LogP contribution in [-0.4, -0.2) is 8.42 Å². The Morgan fingerprint density at radius 1 is 1.00 bits per heavy atom. The van der Waals surface area contributed by atoms with Gasteiger partial charge in [-0.2, -0.15) is 0 Å². The highest BCUT2D eigenvalue weighted by Crippen LogP contribution is 2.17. The summed E-state index contributed by atoms with van der Waals surface area (Å²) >= 11 is 0. The van der Waals surface area contributed by atoms with Gasteiger partial charge in [0.05, 0.1) is 10.6 Å². The van der Waals surface area contributed by atoms with E-state index in [1.54, 1.807) is 12.1 Å². The predicted molar refractivity (Wildman–Crippen MR) is 76.4 cm³/mol. The van der Waals surface area contributed by atoms with Gasteiger partial charge in [-0.05, 0) is 30.2 Å². The minimum absolute atomic E-state index is 0.00387. The van der Waals surface area contributed by atoms with Crippen LogP contribution in [0.5, 0.6) is 0 Å². The third-order valence-corrected chi connectivity index (χ3v) is 4.67. The van der Waals surface area contributed by atoms with E-state index in [1.165, 1.54) is 0 Å². The van der Waals surface area contributed by atoms with Crippen molar-refractivity contribution in [2.24, 2.45) is 5.73 Å². The van der Waals surface area contributed by atoms with Crippen molar-refractivity contribution in [2.75, 3.05) is 0 Å². The molecule has 0 aromatic heterocycles. The fraction of sp³-hybridized carbons (Fsp3) is 0.200. The predicted octanol–water partition coefficient (Wildman–Crippen LogP) is 2.43. The maximum Gasteiger partial charge on any atom is 0.182 e.